The molecule has 0 saturated carbocycles. The van der Waals surface area contributed by atoms with Gasteiger partial charge >= 0.3 is 0 Å². The smallest absolute Gasteiger partial charge is 0.273 e. The Labute approximate surface area is 261 Å². The van der Waals surface area contributed by atoms with Crippen molar-refractivity contribution in [1.29, 1.82) is 0 Å². The van der Waals surface area contributed by atoms with Crippen LogP contribution in [-0.4, -0.2) is 72.6 Å². The van der Waals surface area contributed by atoms with Crippen molar-refractivity contribution < 1.29 is 37.1 Å². The van der Waals surface area contributed by atoms with Crippen LogP contribution in [0.25, 0.3) is 0 Å². The molecule has 1 aliphatic rings. The second-order valence-electron chi connectivity index (χ2n) is 10.8. The Morgan fingerprint density at radius 3 is 2.40 bits per heavy atom. The van der Waals surface area contributed by atoms with Gasteiger partial charge in [0.15, 0.2) is 15.5 Å². The molecular weight excluding hydrogens is 602 g/mol. The fraction of sp³-hybridized carbons (Fsp3) is 0.387. The van der Waals surface area contributed by atoms with E-state index in [0.717, 1.165) is 11.8 Å². The molecule has 4 rings (SSSR count). The van der Waals surface area contributed by atoms with Crippen LogP contribution in [-0.2, 0) is 30.6 Å². The number of hydrogen-bond donors (Lipinski definition) is 5. The zero-order chi connectivity index (χ0) is 32.4. The summed E-state index contributed by atoms with van der Waals surface area (Å²) in [5, 5.41) is 20.8. The summed E-state index contributed by atoms with van der Waals surface area (Å²) in [6.45, 7) is 1.56. The normalized spacial score (nSPS) is 20.8. The van der Waals surface area contributed by atoms with E-state index in [1.165, 1.54) is 19.1 Å². The van der Waals surface area contributed by atoms with Crippen LogP contribution in [0.2, 0.25) is 0 Å². The van der Waals surface area contributed by atoms with Crippen molar-refractivity contribution in [2.75, 3.05) is 12.3 Å². The molecule has 2 aromatic carbocycles. The first-order valence-electron chi connectivity index (χ1n) is 14.7. The average molecular weight is 640 g/mol. The number of fused-ring (bicyclic) bond motifs is 2. The van der Waals surface area contributed by atoms with Crippen LogP contribution in [0.3, 0.4) is 0 Å². The summed E-state index contributed by atoms with van der Waals surface area (Å²) in [5.41, 5.74) is 0.672. The van der Waals surface area contributed by atoms with E-state index in [1.807, 2.05) is 30.3 Å². The summed E-state index contributed by atoms with van der Waals surface area (Å²) in [6.07, 6.45) is 0.782. The van der Waals surface area contributed by atoms with Crippen LogP contribution < -0.4 is 21.3 Å². The van der Waals surface area contributed by atoms with E-state index < -0.39 is 63.4 Å². The van der Waals surface area contributed by atoms with Gasteiger partial charge in [0.05, 0.1) is 16.8 Å². The highest BCUT2D eigenvalue weighted by Crippen LogP contribution is 2.20. The van der Waals surface area contributed by atoms with Crippen LogP contribution >= 0.6 is 0 Å². The number of rotatable bonds is 8. The van der Waals surface area contributed by atoms with Crippen LogP contribution in [0.15, 0.2) is 76.2 Å². The highest BCUT2D eigenvalue weighted by molar-refractivity contribution is 7.91. The van der Waals surface area contributed by atoms with Gasteiger partial charge in [-0.1, -0.05) is 48.5 Å². The predicted molar refractivity (Wildman–Crippen MR) is 162 cm³/mol. The predicted octanol–water partition coefficient (Wildman–Crippen LogP) is 1.20. The number of aliphatic hydroxyl groups excluding tert-OH is 1. The summed E-state index contributed by atoms with van der Waals surface area (Å²) in [5.74, 6) is -2.94. The molecular formula is C31H37N5O8S. The van der Waals surface area contributed by atoms with E-state index in [1.54, 1.807) is 18.2 Å². The third-order valence-electron chi connectivity index (χ3n) is 7.27. The average Bonchev–Trinajstić information content (AvgIpc) is 3.52. The number of aliphatic hydroxyl groups is 1. The Morgan fingerprint density at radius 1 is 1.02 bits per heavy atom. The molecule has 45 heavy (non-hydrogen) atoms. The standard InChI is InChI=1S/C31H37N5O8S/c1-20(37)27-30(41)32-16-9-8-14-23(33-26(38)15-17-45(42,43)22-12-6-3-7-13-22)28(39)34-24(18-21-10-4-2-5-11-21)31-35-25(19-44-31)29(40)36-27/h2-7,10-13,19-20,23-24,27,37H,8-9,14-18H2,1H3,(H,32,41)(H,33,38)(H,34,39)(H,36,40)/t20-,23+,24+,27+/m1/s1. The minimum absolute atomic E-state index is 0.0153. The fourth-order valence-electron chi connectivity index (χ4n) is 4.80. The Hall–Kier alpha value is -4.56. The molecule has 0 saturated heterocycles. The fourth-order valence-corrected chi connectivity index (χ4v) is 6.06. The molecule has 2 bridgehead atoms. The monoisotopic (exact) mass is 639 g/mol. The Morgan fingerprint density at radius 2 is 1.71 bits per heavy atom. The SMILES string of the molecule is C[C@@H](O)[C@@H]1NC(=O)c2coc(n2)[C@H](Cc2ccccc2)NC(=O)[C@@H](NC(=O)CCS(=O)(=O)c2ccccc2)CCCCNC1=O. The number of amides is 4. The second-order valence-corrected chi connectivity index (χ2v) is 12.9. The molecule has 4 amide bonds. The Balaban J connectivity index is 1.56. The van der Waals surface area contributed by atoms with E-state index in [-0.39, 0.29) is 42.3 Å². The number of carbonyl (C=O) groups is 4. The molecule has 0 fully saturated rings. The van der Waals surface area contributed by atoms with Crippen molar-refractivity contribution in [2.24, 2.45) is 0 Å². The van der Waals surface area contributed by atoms with Crippen molar-refractivity contribution in [2.45, 2.75) is 68.2 Å². The van der Waals surface area contributed by atoms with E-state index in [9.17, 15) is 32.7 Å². The van der Waals surface area contributed by atoms with Crippen molar-refractivity contribution in [3.63, 3.8) is 0 Å². The number of hydrogen-bond acceptors (Lipinski definition) is 9. The first-order valence-corrected chi connectivity index (χ1v) is 16.3. The molecule has 1 aliphatic heterocycles. The number of carbonyl (C=O) groups excluding carboxylic acids is 4. The van der Waals surface area contributed by atoms with Crippen molar-refractivity contribution in [1.82, 2.24) is 26.3 Å². The molecule has 2 heterocycles. The summed E-state index contributed by atoms with van der Waals surface area (Å²) in [4.78, 5) is 56.6. The maximum atomic E-state index is 13.6. The number of aromatic nitrogens is 1. The number of nitrogens with one attached hydrogen (secondary N) is 4. The summed E-state index contributed by atoms with van der Waals surface area (Å²) < 4.78 is 31.0. The molecule has 5 N–H and O–H groups in total. The lowest BCUT2D eigenvalue weighted by Gasteiger charge is -2.23. The molecule has 0 spiro atoms. The van der Waals surface area contributed by atoms with Gasteiger partial charge in [-0.3, -0.25) is 19.2 Å². The van der Waals surface area contributed by atoms with Gasteiger partial charge in [-0.2, -0.15) is 0 Å². The summed E-state index contributed by atoms with van der Waals surface area (Å²) in [6, 6.07) is 13.9. The number of oxazole rings is 1. The van der Waals surface area contributed by atoms with Crippen molar-refractivity contribution >= 4 is 33.5 Å². The van der Waals surface area contributed by atoms with Crippen molar-refractivity contribution in [3.05, 3.63) is 84.1 Å². The van der Waals surface area contributed by atoms with Crippen LogP contribution in [0, 0.1) is 0 Å². The van der Waals surface area contributed by atoms with Crippen LogP contribution in [0.1, 0.15) is 60.6 Å². The number of sulfone groups is 1. The zero-order valence-corrected chi connectivity index (χ0v) is 25.6. The molecule has 13 nitrogen and oxygen atoms in total. The first-order chi connectivity index (χ1) is 21.5. The molecule has 0 unspecified atom stereocenters. The molecule has 14 heteroatoms. The second kappa shape index (κ2) is 15.4. The lowest BCUT2D eigenvalue weighted by Crippen LogP contribution is -2.52. The maximum Gasteiger partial charge on any atom is 0.273 e. The van der Waals surface area contributed by atoms with E-state index in [4.69, 9.17) is 4.42 Å². The van der Waals surface area contributed by atoms with Gasteiger partial charge in [-0.05, 0) is 43.9 Å². The van der Waals surface area contributed by atoms with Gasteiger partial charge in [0.2, 0.25) is 23.6 Å². The van der Waals surface area contributed by atoms with Crippen molar-refractivity contribution in [3.8, 4) is 0 Å². The summed E-state index contributed by atoms with van der Waals surface area (Å²) in [7, 11) is -3.72. The number of nitrogens with zero attached hydrogens (tertiary/aromatic N) is 1. The zero-order valence-electron chi connectivity index (χ0n) is 24.8. The molecule has 0 aliphatic carbocycles. The third-order valence-corrected chi connectivity index (χ3v) is 9.01. The highest BCUT2D eigenvalue weighted by Gasteiger charge is 2.30. The van der Waals surface area contributed by atoms with Gasteiger partial charge in [0.25, 0.3) is 5.91 Å². The lowest BCUT2D eigenvalue weighted by atomic mass is 10.0. The topological polar surface area (TPSA) is 197 Å². The lowest BCUT2D eigenvalue weighted by molar-refractivity contribution is -0.129. The quantitative estimate of drug-likeness (QED) is 0.241. The van der Waals surface area contributed by atoms with E-state index >= 15 is 0 Å². The van der Waals surface area contributed by atoms with Crippen LogP contribution in [0.4, 0.5) is 0 Å². The van der Waals surface area contributed by atoms with Gasteiger partial charge < -0.3 is 30.8 Å². The first kappa shape index (κ1) is 33.3. The van der Waals surface area contributed by atoms with Gasteiger partial charge in [0, 0.05) is 19.4 Å². The van der Waals surface area contributed by atoms with E-state index in [0.29, 0.717) is 12.8 Å². The van der Waals surface area contributed by atoms with E-state index in [2.05, 4.69) is 26.3 Å². The molecule has 240 valence electrons. The van der Waals surface area contributed by atoms with Crippen LogP contribution in [0.5, 0.6) is 0 Å². The highest BCUT2D eigenvalue weighted by atomic mass is 32.2. The van der Waals surface area contributed by atoms with Gasteiger partial charge in [-0.15, -0.1) is 0 Å². The minimum atomic E-state index is -3.72. The third kappa shape index (κ3) is 9.46. The Kier molecular flexibility index (Phi) is 11.4. The number of benzene rings is 2. The maximum absolute atomic E-state index is 13.6. The molecule has 3 aromatic rings. The van der Waals surface area contributed by atoms with Gasteiger partial charge in [0.1, 0.15) is 24.4 Å². The van der Waals surface area contributed by atoms with Gasteiger partial charge in [-0.25, -0.2) is 13.4 Å². The summed E-state index contributed by atoms with van der Waals surface area (Å²) >= 11 is 0. The molecule has 4 atom stereocenters. The molecule has 0 radical (unpaired) electrons. The largest absolute Gasteiger partial charge is 0.446 e. The Bertz CT molecular complexity index is 1580. The molecule has 1 aromatic heterocycles. The minimum Gasteiger partial charge on any atom is -0.446 e.